The van der Waals surface area contributed by atoms with Crippen LogP contribution in [0.4, 0.5) is 5.69 Å². The molecule has 0 saturated carbocycles. The fraction of sp³-hybridized carbons (Fsp3) is 0.350. The van der Waals surface area contributed by atoms with Gasteiger partial charge in [0.25, 0.3) is 0 Å². The standard InChI is InChI=1S/C20H23N3/c1-2-3-6-19-17(14-23-12-5-4-7-20(23)22-19)15-8-9-18-16(13-15)10-11-21-18/h4-5,7-9,12-13,21H,2-3,6,10-11,14H2,1H3. The van der Waals surface area contributed by atoms with Crippen molar-refractivity contribution in [2.24, 2.45) is 4.99 Å². The first-order valence-corrected chi connectivity index (χ1v) is 8.64. The van der Waals surface area contributed by atoms with Crippen LogP contribution in [0.2, 0.25) is 0 Å². The van der Waals surface area contributed by atoms with Crippen molar-refractivity contribution in [2.45, 2.75) is 32.6 Å². The summed E-state index contributed by atoms with van der Waals surface area (Å²) in [5.41, 5.74) is 6.73. The maximum atomic E-state index is 4.96. The minimum atomic E-state index is 0.922. The largest absolute Gasteiger partial charge is 0.384 e. The maximum absolute atomic E-state index is 4.96. The van der Waals surface area contributed by atoms with Crippen LogP contribution in [0, 0.1) is 0 Å². The van der Waals surface area contributed by atoms with E-state index in [1.165, 1.54) is 40.9 Å². The SMILES string of the molecule is CCCCC1=C(c2ccc3c(c2)CCN3)CN2C=CC=CC2=N1. The van der Waals surface area contributed by atoms with Gasteiger partial charge < -0.3 is 10.2 Å². The summed E-state index contributed by atoms with van der Waals surface area (Å²) in [5, 5.41) is 3.45. The van der Waals surface area contributed by atoms with Gasteiger partial charge in [0.1, 0.15) is 5.84 Å². The number of benzene rings is 1. The third-order valence-electron chi connectivity index (χ3n) is 4.77. The Morgan fingerprint density at radius 1 is 1.26 bits per heavy atom. The third-order valence-corrected chi connectivity index (χ3v) is 4.77. The van der Waals surface area contributed by atoms with E-state index in [-0.39, 0.29) is 0 Å². The topological polar surface area (TPSA) is 27.6 Å². The van der Waals surface area contributed by atoms with E-state index in [0.29, 0.717) is 0 Å². The smallest absolute Gasteiger partial charge is 0.133 e. The number of allylic oxidation sites excluding steroid dienone is 3. The van der Waals surface area contributed by atoms with E-state index in [2.05, 4.69) is 59.8 Å². The number of hydrogen-bond donors (Lipinski definition) is 1. The lowest BCUT2D eigenvalue weighted by atomic mass is 9.96. The summed E-state index contributed by atoms with van der Waals surface area (Å²) in [6.45, 7) is 4.22. The number of hydrogen-bond acceptors (Lipinski definition) is 3. The van der Waals surface area contributed by atoms with Gasteiger partial charge in [0, 0.05) is 29.7 Å². The van der Waals surface area contributed by atoms with Crippen LogP contribution in [-0.2, 0) is 6.42 Å². The van der Waals surface area contributed by atoms with Gasteiger partial charge in [-0.05, 0) is 54.7 Å². The van der Waals surface area contributed by atoms with Crippen LogP contribution < -0.4 is 5.32 Å². The number of rotatable bonds is 4. The summed E-state index contributed by atoms with van der Waals surface area (Å²) >= 11 is 0. The van der Waals surface area contributed by atoms with Crippen LogP contribution in [0.15, 0.2) is 53.3 Å². The van der Waals surface area contributed by atoms with Crippen molar-refractivity contribution in [3.63, 3.8) is 0 Å². The van der Waals surface area contributed by atoms with Crippen molar-refractivity contribution < 1.29 is 0 Å². The number of aliphatic imine (C=N–C) groups is 1. The van der Waals surface area contributed by atoms with Crippen LogP contribution in [0.5, 0.6) is 0 Å². The number of amidine groups is 1. The molecule has 0 radical (unpaired) electrons. The first-order chi connectivity index (χ1) is 11.3. The predicted octanol–water partition coefficient (Wildman–Crippen LogP) is 4.35. The predicted molar refractivity (Wildman–Crippen MR) is 97.5 cm³/mol. The van der Waals surface area contributed by atoms with Crippen LogP contribution >= 0.6 is 0 Å². The van der Waals surface area contributed by atoms with Crippen molar-refractivity contribution in [3.05, 3.63) is 59.5 Å². The molecule has 0 atom stereocenters. The van der Waals surface area contributed by atoms with E-state index in [1.807, 2.05) is 0 Å². The summed E-state index contributed by atoms with van der Waals surface area (Å²) < 4.78 is 0. The normalized spacial score (nSPS) is 18.7. The third kappa shape index (κ3) is 2.72. The van der Waals surface area contributed by atoms with Crippen LogP contribution in [0.25, 0.3) is 5.57 Å². The average molecular weight is 305 g/mol. The molecule has 0 amide bonds. The summed E-state index contributed by atoms with van der Waals surface area (Å²) in [6.07, 6.45) is 13.0. The molecular weight excluding hydrogens is 282 g/mol. The molecule has 0 spiro atoms. The monoisotopic (exact) mass is 305 g/mol. The van der Waals surface area contributed by atoms with Gasteiger partial charge in [0.15, 0.2) is 0 Å². The highest BCUT2D eigenvalue weighted by Gasteiger charge is 2.22. The van der Waals surface area contributed by atoms with Crippen LogP contribution in [-0.4, -0.2) is 23.8 Å². The quantitative estimate of drug-likeness (QED) is 0.895. The first-order valence-electron chi connectivity index (χ1n) is 8.64. The van der Waals surface area contributed by atoms with Crippen molar-refractivity contribution in [1.82, 2.24) is 4.90 Å². The Balaban J connectivity index is 1.75. The molecule has 1 N–H and O–H groups in total. The van der Waals surface area contributed by atoms with E-state index in [4.69, 9.17) is 4.99 Å². The van der Waals surface area contributed by atoms with Gasteiger partial charge >= 0.3 is 0 Å². The number of unbranched alkanes of at least 4 members (excludes halogenated alkanes) is 1. The molecule has 3 aliphatic rings. The summed E-state index contributed by atoms with van der Waals surface area (Å²) in [4.78, 5) is 7.21. The molecule has 0 aliphatic carbocycles. The second-order valence-electron chi connectivity index (χ2n) is 6.38. The minimum Gasteiger partial charge on any atom is -0.384 e. The van der Waals surface area contributed by atoms with Crippen LogP contribution in [0.1, 0.15) is 37.3 Å². The fourth-order valence-corrected chi connectivity index (χ4v) is 3.47. The highest BCUT2D eigenvalue weighted by Crippen LogP contribution is 2.32. The van der Waals surface area contributed by atoms with Crippen LogP contribution in [0.3, 0.4) is 0 Å². The molecule has 3 aliphatic heterocycles. The molecule has 0 bridgehead atoms. The Morgan fingerprint density at radius 2 is 2.22 bits per heavy atom. The van der Waals surface area contributed by atoms with Crippen molar-refractivity contribution >= 4 is 17.1 Å². The van der Waals surface area contributed by atoms with Gasteiger partial charge in [-0.25, -0.2) is 4.99 Å². The van der Waals surface area contributed by atoms with Gasteiger partial charge in [-0.3, -0.25) is 0 Å². The molecule has 0 fully saturated rings. The molecule has 3 nitrogen and oxygen atoms in total. The Labute approximate surface area is 138 Å². The van der Waals surface area contributed by atoms with Gasteiger partial charge in [-0.2, -0.15) is 0 Å². The molecule has 0 aromatic heterocycles. The number of fused-ring (bicyclic) bond motifs is 2. The zero-order chi connectivity index (χ0) is 15.6. The lowest BCUT2D eigenvalue weighted by Gasteiger charge is -2.30. The molecule has 0 saturated heterocycles. The molecule has 3 heterocycles. The fourth-order valence-electron chi connectivity index (χ4n) is 3.47. The number of nitrogens with zero attached hydrogens (tertiary/aromatic N) is 2. The van der Waals surface area contributed by atoms with Gasteiger partial charge in [0.2, 0.25) is 0 Å². The zero-order valence-corrected chi connectivity index (χ0v) is 13.7. The first kappa shape index (κ1) is 14.3. The molecule has 3 heteroatoms. The average Bonchev–Trinajstić information content (AvgIpc) is 3.06. The van der Waals surface area contributed by atoms with Gasteiger partial charge in [-0.1, -0.05) is 25.5 Å². The number of nitrogens with one attached hydrogen (secondary N) is 1. The van der Waals surface area contributed by atoms with Gasteiger partial charge in [-0.15, -0.1) is 0 Å². The molecule has 1 aromatic carbocycles. The highest BCUT2D eigenvalue weighted by atomic mass is 15.2. The number of anilines is 1. The van der Waals surface area contributed by atoms with E-state index in [1.54, 1.807) is 0 Å². The van der Waals surface area contributed by atoms with E-state index in [0.717, 1.165) is 31.8 Å². The molecule has 118 valence electrons. The maximum Gasteiger partial charge on any atom is 0.133 e. The highest BCUT2D eigenvalue weighted by molar-refractivity contribution is 5.99. The summed E-state index contributed by atoms with van der Waals surface area (Å²) in [5.74, 6) is 1.07. The molecular formula is C20H23N3. The Bertz CT molecular complexity index is 737. The van der Waals surface area contributed by atoms with Crippen molar-refractivity contribution in [3.8, 4) is 0 Å². The summed E-state index contributed by atoms with van der Waals surface area (Å²) in [6, 6.07) is 6.84. The van der Waals surface area contributed by atoms with Crippen molar-refractivity contribution in [1.29, 1.82) is 0 Å². The van der Waals surface area contributed by atoms with E-state index in [9.17, 15) is 0 Å². The van der Waals surface area contributed by atoms with Crippen molar-refractivity contribution in [2.75, 3.05) is 18.4 Å². The molecule has 0 unspecified atom stereocenters. The second-order valence-corrected chi connectivity index (χ2v) is 6.38. The van der Waals surface area contributed by atoms with Gasteiger partial charge in [0.05, 0.1) is 6.54 Å². The Morgan fingerprint density at radius 3 is 3.13 bits per heavy atom. The minimum absolute atomic E-state index is 0.922. The van der Waals surface area contributed by atoms with E-state index < -0.39 is 0 Å². The lowest BCUT2D eigenvalue weighted by molar-refractivity contribution is 0.612. The molecule has 23 heavy (non-hydrogen) atoms. The summed E-state index contributed by atoms with van der Waals surface area (Å²) in [7, 11) is 0. The molecule has 1 aromatic rings. The second kappa shape index (κ2) is 6.07. The Hall–Kier alpha value is -2.29. The zero-order valence-electron chi connectivity index (χ0n) is 13.7. The van der Waals surface area contributed by atoms with E-state index >= 15 is 0 Å². The lowest BCUT2D eigenvalue weighted by Crippen LogP contribution is -2.31. The Kier molecular flexibility index (Phi) is 3.78. The molecule has 4 rings (SSSR count).